The van der Waals surface area contributed by atoms with Crippen molar-refractivity contribution in [2.45, 2.75) is 20.2 Å². The second-order valence-corrected chi connectivity index (χ2v) is 5.62. The molecule has 0 saturated heterocycles. The molecular formula is C16H18F3N5O2. The van der Waals surface area contributed by atoms with Crippen molar-refractivity contribution < 1.29 is 22.7 Å². The number of carbonyl (C=O) groups is 1. The van der Waals surface area contributed by atoms with Crippen LogP contribution < -0.4 is 20.3 Å². The van der Waals surface area contributed by atoms with Gasteiger partial charge in [-0.05, 0) is 38.1 Å². The van der Waals surface area contributed by atoms with Gasteiger partial charge in [-0.1, -0.05) is 0 Å². The quantitative estimate of drug-likeness (QED) is 0.859. The molecule has 0 aliphatic heterocycles. The minimum Gasteiger partial charge on any atom is -0.406 e. The van der Waals surface area contributed by atoms with Crippen LogP contribution in [-0.2, 0) is 0 Å². The fourth-order valence-electron chi connectivity index (χ4n) is 2.10. The van der Waals surface area contributed by atoms with Crippen molar-refractivity contribution in [3.05, 3.63) is 35.7 Å². The fraction of sp³-hybridized carbons (Fsp3) is 0.312. The standard InChI is InChI=1S/C16H18F3N5O2/c1-9-13(10(2)21-14(20-9)24(3)4)23-15(25)22-11-5-7-12(8-6-11)26-16(17,18)19/h5-8H,1-4H3,(H2,22,23,25). The number of nitrogens with one attached hydrogen (secondary N) is 2. The Balaban J connectivity index is 2.05. The Kier molecular flexibility index (Phi) is 5.53. The van der Waals surface area contributed by atoms with Gasteiger partial charge in [-0.2, -0.15) is 0 Å². The van der Waals surface area contributed by atoms with Crippen molar-refractivity contribution in [2.75, 3.05) is 29.6 Å². The van der Waals surface area contributed by atoms with E-state index in [1.165, 1.54) is 12.1 Å². The molecule has 0 bridgehead atoms. The van der Waals surface area contributed by atoms with Gasteiger partial charge in [0.2, 0.25) is 5.95 Å². The number of urea groups is 1. The van der Waals surface area contributed by atoms with E-state index in [1.807, 2.05) is 0 Å². The summed E-state index contributed by atoms with van der Waals surface area (Å²) in [6.07, 6.45) is -4.76. The van der Waals surface area contributed by atoms with E-state index in [9.17, 15) is 18.0 Å². The number of aryl methyl sites for hydroxylation is 2. The van der Waals surface area contributed by atoms with Crippen LogP contribution >= 0.6 is 0 Å². The average Bonchev–Trinajstić information content (AvgIpc) is 2.51. The molecule has 26 heavy (non-hydrogen) atoms. The molecule has 140 valence electrons. The first kappa shape index (κ1) is 19.3. The highest BCUT2D eigenvalue weighted by molar-refractivity contribution is 6.00. The van der Waals surface area contributed by atoms with Crippen LogP contribution in [0.25, 0.3) is 0 Å². The molecule has 1 heterocycles. The molecular weight excluding hydrogens is 351 g/mol. The summed E-state index contributed by atoms with van der Waals surface area (Å²) in [6.45, 7) is 3.47. The Labute approximate surface area is 148 Å². The number of nitrogens with zero attached hydrogens (tertiary/aromatic N) is 3. The molecule has 0 fully saturated rings. The van der Waals surface area contributed by atoms with E-state index in [-0.39, 0.29) is 5.75 Å². The maximum Gasteiger partial charge on any atom is 0.573 e. The third-order valence-corrected chi connectivity index (χ3v) is 3.24. The monoisotopic (exact) mass is 369 g/mol. The van der Waals surface area contributed by atoms with Gasteiger partial charge in [-0.15, -0.1) is 13.2 Å². The molecule has 1 aromatic heterocycles. The second-order valence-electron chi connectivity index (χ2n) is 5.62. The largest absolute Gasteiger partial charge is 0.573 e. The van der Waals surface area contributed by atoms with Crippen LogP contribution in [-0.4, -0.2) is 36.5 Å². The third kappa shape index (κ3) is 5.23. The molecule has 2 N–H and O–H groups in total. The Morgan fingerprint density at radius 3 is 2.04 bits per heavy atom. The van der Waals surface area contributed by atoms with E-state index in [0.29, 0.717) is 28.7 Å². The lowest BCUT2D eigenvalue weighted by Crippen LogP contribution is -2.22. The van der Waals surface area contributed by atoms with E-state index in [1.54, 1.807) is 32.8 Å². The highest BCUT2D eigenvalue weighted by Gasteiger charge is 2.30. The molecule has 2 amide bonds. The van der Waals surface area contributed by atoms with Gasteiger partial charge in [0, 0.05) is 19.8 Å². The number of ether oxygens (including phenoxy) is 1. The van der Waals surface area contributed by atoms with Gasteiger partial charge in [0.05, 0.1) is 17.1 Å². The normalized spacial score (nSPS) is 11.0. The number of alkyl halides is 3. The SMILES string of the molecule is Cc1nc(N(C)C)nc(C)c1NC(=O)Nc1ccc(OC(F)(F)F)cc1. The first-order valence-corrected chi connectivity index (χ1v) is 7.51. The summed E-state index contributed by atoms with van der Waals surface area (Å²) < 4.78 is 40.2. The topological polar surface area (TPSA) is 79.4 Å². The summed E-state index contributed by atoms with van der Waals surface area (Å²) in [5, 5.41) is 5.16. The van der Waals surface area contributed by atoms with Crippen LogP contribution in [0.15, 0.2) is 24.3 Å². The average molecular weight is 369 g/mol. The van der Waals surface area contributed by atoms with Crippen LogP contribution in [0.5, 0.6) is 5.75 Å². The van der Waals surface area contributed by atoms with Crippen LogP contribution in [0.2, 0.25) is 0 Å². The summed E-state index contributed by atoms with van der Waals surface area (Å²) in [5.41, 5.74) is 1.94. The lowest BCUT2D eigenvalue weighted by molar-refractivity contribution is -0.274. The summed E-state index contributed by atoms with van der Waals surface area (Å²) >= 11 is 0. The number of rotatable bonds is 4. The van der Waals surface area contributed by atoms with Crippen LogP contribution in [0.4, 0.5) is 35.3 Å². The lowest BCUT2D eigenvalue weighted by Gasteiger charge is -2.16. The predicted octanol–water partition coefficient (Wildman–Crippen LogP) is 3.70. The van der Waals surface area contributed by atoms with Gasteiger partial charge >= 0.3 is 12.4 Å². The number of aromatic nitrogens is 2. The molecule has 1 aromatic carbocycles. The second kappa shape index (κ2) is 7.46. The maximum atomic E-state index is 12.1. The number of hydrogen-bond acceptors (Lipinski definition) is 5. The molecule has 0 unspecified atom stereocenters. The van der Waals surface area contributed by atoms with Gasteiger partial charge in [-0.25, -0.2) is 14.8 Å². The molecule has 7 nitrogen and oxygen atoms in total. The van der Waals surface area contributed by atoms with E-state index in [4.69, 9.17) is 0 Å². The highest BCUT2D eigenvalue weighted by atomic mass is 19.4. The molecule has 0 atom stereocenters. The Morgan fingerprint density at radius 2 is 1.58 bits per heavy atom. The van der Waals surface area contributed by atoms with Crippen molar-refractivity contribution in [2.24, 2.45) is 0 Å². The molecule has 0 saturated carbocycles. The maximum absolute atomic E-state index is 12.1. The van der Waals surface area contributed by atoms with Crippen LogP contribution in [0, 0.1) is 13.8 Å². The van der Waals surface area contributed by atoms with Crippen molar-refractivity contribution in [1.82, 2.24) is 9.97 Å². The molecule has 2 rings (SSSR count). The molecule has 10 heteroatoms. The number of anilines is 3. The van der Waals surface area contributed by atoms with Gasteiger partial charge in [0.15, 0.2) is 0 Å². The van der Waals surface area contributed by atoms with Crippen molar-refractivity contribution >= 4 is 23.4 Å². The highest BCUT2D eigenvalue weighted by Crippen LogP contribution is 2.24. The van der Waals surface area contributed by atoms with Gasteiger partial charge in [0.25, 0.3) is 0 Å². The van der Waals surface area contributed by atoms with Crippen molar-refractivity contribution in [1.29, 1.82) is 0 Å². The molecule has 0 spiro atoms. The van der Waals surface area contributed by atoms with Crippen molar-refractivity contribution in [3.63, 3.8) is 0 Å². The van der Waals surface area contributed by atoms with Gasteiger partial charge in [0.1, 0.15) is 5.75 Å². The third-order valence-electron chi connectivity index (χ3n) is 3.24. The summed E-state index contributed by atoms with van der Waals surface area (Å²) in [4.78, 5) is 22.4. The first-order chi connectivity index (χ1) is 12.0. The molecule has 0 aliphatic carbocycles. The zero-order valence-corrected chi connectivity index (χ0v) is 14.6. The molecule has 0 radical (unpaired) electrons. The fourth-order valence-corrected chi connectivity index (χ4v) is 2.10. The smallest absolute Gasteiger partial charge is 0.406 e. The lowest BCUT2D eigenvalue weighted by atomic mass is 10.3. The number of halogens is 3. The van der Waals surface area contributed by atoms with E-state index in [2.05, 4.69) is 25.3 Å². The van der Waals surface area contributed by atoms with E-state index in [0.717, 1.165) is 12.1 Å². The van der Waals surface area contributed by atoms with E-state index < -0.39 is 12.4 Å². The van der Waals surface area contributed by atoms with Crippen LogP contribution in [0.1, 0.15) is 11.4 Å². The minimum atomic E-state index is -4.76. The Morgan fingerprint density at radius 1 is 1.04 bits per heavy atom. The van der Waals surface area contributed by atoms with Crippen molar-refractivity contribution in [3.8, 4) is 5.75 Å². The summed E-state index contributed by atoms with van der Waals surface area (Å²) in [5.74, 6) is 0.147. The Hall–Kier alpha value is -3.04. The first-order valence-electron chi connectivity index (χ1n) is 7.51. The number of benzene rings is 1. The zero-order valence-electron chi connectivity index (χ0n) is 14.6. The zero-order chi connectivity index (χ0) is 19.5. The number of carbonyl (C=O) groups excluding carboxylic acids is 1. The minimum absolute atomic E-state index is 0.304. The molecule has 2 aromatic rings. The number of hydrogen-bond donors (Lipinski definition) is 2. The van der Waals surface area contributed by atoms with Crippen LogP contribution in [0.3, 0.4) is 0 Å². The van der Waals surface area contributed by atoms with Gasteiger partial charge < -0.3 is 20.3 Å². The van der Waals surface area contributed by atoms with E-state index >= 15 is 0 Å². The van der Waals surface area contributed by atoms with Gasteiger partial charge in [-0.3, -0.25) is 0 Å². The summed E-state index contributed by atoms with van der Waals surface area (Å²) in [6, 6.07) is 4.24. The summed E-state index contributed by atoms with van der Waals surface area (Å²) in [7, 11) is 3.61. The number of amides is 2. The Bertz CT molecular complexity index is 768. The predicted molar refractivity (Wildman–Crippen MR) is 91.6 cm³/mol. The molecule has 0 aliphatic rings.